The van der Waals surface area contributed by atoms with Gasteiger partial charge in [0.1, 0.15) is 17.3 Å². The van der Waals surface area contributed by atoms with Crippen LogP contribution in [0.25, 0.3) is 22.7 Å². The molecule has 3 aromatic rings. The van der Waals surface area contributed by atoms with Crippen molar-refractivity contribution in [3.05, 3.63) is 57.1 Å². The Morgan fingerprint density at radius 3 is 2.54 bits per heavy atom. The third kappa shape index (κ3) is 2.93. The molecule has 0 spiro atoms. The topological polar surface area (TPSA) is 105 Å². The first-order valence-corrected chi connectivity index (χ1v) is 7.42. The van der Waals surface area contributed by atoms with E-state index >= 15 is 0 Å². The summed E-state index contributed by atoms with van der Waals surface area (Å²) >= 11 is 5.87. The zero-order valence-corrected chi connectivity index (χ0v) is 13.1. The van der Waals surface area contributed by atoms with Crippen LogP contribution in [0.5, 0.6) is 0 Å². The van der Waals surface area contributed by atoms with Gasteiger partial charge in [0.05, 0.1) is 12.1 Å². The van der Waals surface area contributed by atoms with E-state index in [-0.39, 0.29) is 29.5 Å². The van der Waals surface area contributed by atoms with Gasteiger partial charge < -0.3 is 10.2 Å². The second kappa shape index (κ2) is 6.29. The Morgan fingerprint density at radius 1 is 1.17 bits per heavy atom. The third-order valence-electron chi connectivity index (χ3n) is 3.52. The summed E-state index contributed by atoms with van der Waals surface area (Å²) in [5, 5.41) is 23.5. The molecule has 2 aromatic heterocycles. The van der Waals surface area contributed by atoms with E-state index in [2.05, 4.69) is 10.1 Å². The van der Waals surface area contributed by atoms with Gasteiger partial charge in [0.2, 0.25) is 0 Å². The van der Waals surface area contributed by atoms with Crippen LogP contribution in [0.3, 0.4) is 0 Å². The molecule has 0 aliphatic carbocycles. The molecule has 0 bridgehead atoms. The minimum Gasteiger partial charge on any atom is -0.511 e. The highest BCUT2D eigenvalue weighted by Crippen LogP contribution is 2.20. The molecule has 0 atom stereocenters. The lowest BCUT2D eigenvalue weighted by Gasteiger charge is -2.05. The van der Waals surface area contributed by atoms with Crippen molar-refractivity contribution in [3.8, 4) is 11.3 Å². The van der Waals surface area contributed by atoms with Crippen LogP contribution in [-0.4, -0.2) is 30.8 Å². The standard InChI is InChI=1S/C16H12ClN3O4/c17-10-3-1-9(2-4-10)11-7-13(22)15(12(21)5-6-14(23)24)16-18-8-19-20(11)16/h1-4,7-8,21H,5-6H2,(H,23,24). The number of carboxylic acids is 1. The molecule has 8 heteroatoms. The number of nitrogens with zero attached hydrogens (tertiary/aromatic N) is 3. The molecule has 1 aromatic carbocycles. The molecule has 0 saturated carbocycles. The number of hydrogen-bond donors (Lipinski definition) is 2. The van der Waals surface area contributed by atoms with E-state index in [4.69, 9.17) is 16.7 Å². The monoisotopic (exact) mass is 345 g/mol. The molecular weight excluding hydrogens is 334 g/mol. The molecule has 0 amide bonds. The van der Waals surface area contributed by atoms with Crippen LogP contribution in [0.2, 0.25) is 5.02 Å². The Morgan fingerprint density at radius 2 is 1.88 bits per heavy atom. The summed E-state index contributed by atoms with van der Waals surface area (Å²) in [7, 11) is 0. The first-order chi connectivity index (χ1) is 11.5. The number of aliphatic carboxylic acids is 1. The number of aliphatic hydroxyl groups excluding tert-OH is 1. The fourth-order valence-electron chi connectivity index (χ4n) is 2.40. The molecular formula is C16H12ClN3O4. The van der Waals surface area contributed by atoms with Gasteiger partial charge in [-0.25, -0.2) is 9.50 Å². The Hall–Kier alpha value is -2.93. The summed E-state index contributed by atoms with van der Waals surface area (Å²) in [6.45, 7) is 0. The summed E-state index contributed by atoms with van der Waals surface area (Å²) < 4.78 is 1.43. The maximum Gasteiger partial charge on any atom is 0.303 e. The molecule has 0 fully saturated rings. The number of aromatic nitrogens is 3. The van der Waals surface area contributed by atoms with Crippen molar-refractivity contribution in [2.75, 3.05) is 0 Å². The predicted molar refractivity (Wildman–Crippen MR) is 87.8 cm³/mol. The van der Waals surface area contributed by atoms with E-state index < -0.39 is 11.4 Å². The van der Waals surface area contributed by atoms with Crippen LogP contribution in [0.15, 0.2) is 41.5 Å². The molecule has 0 radical (unpaired) electrons. The number of hydrogen-bond acceptors (Lipinski definition) is 5. The first-order valence-electron chi connectivity index (χ1n) is 7.04. The number of fused-ring (bicyclic) bond motifs is 1. The summed E-state index contributed by atoms with van der Waals surface area (Å²) in [6.07, 6.45) is 0.820. The average Bonchev–Trinajstić information content (AvgIpc) is 3.02. The fourth-order valence-corrected chi connectivity index (χ4v) is 2.53. The number of halogens is 1. The molecule has 0 aliphatic heterocycles. The second-order valence-corrected chi connectivity index (χ2v) is 5.55. The van der Waals surface area contributed by atoms with Crippen molar-refractivity contribution in [1.82, 2.24) is 14.6 Å². The lowest BCUT2D eigenvalue weighted by Crippen LogP contribution is -2.30. The number of carboxylic acid groups (broad SMARTS) is 1. The minimum absolute atomic E-state index is 0.0357. The van der Waals surface area contributed by atoms with Crippen LogP contribution < -0.4 is 10.6 Å². The lowest BCUT2D eigenvalue weighted by molar-refractivity contribution is -0.136. The maximum absolute atomic E-state index is 12.4. The van der Waals surface area contributed by atoms with Crippen molar-refractivity contribution in [1.29, 1.82) is 0 Å². The van der Waals surface area contributed by atoms with E-state index in [1.54, 1.807) is 24.3 Å². The van der Waals surface area contributed by atoms with Crippen LogP contribution in [0, 0.1) is 0 Å². The highest BCUT2D eigenvalue weighted by molar-refractivity contribution is 6.30. The zero-order chi connectivity index (χ0) is 17.3. The second-order valence-electron chi connectivity index (χ2n) is 5.11. The number of carbonyl (C=O) groups is 1. The van der Waals surface area contributed by atoms with E-state index in [1.165, 1.54) is 16.9 Å². The molecule has 3 rings (SSSR count). The van der Waals surface area contributed by atoms with Gasteiger partial charge in [-0.05, 0) is 12.1 Å². The molecule has 0 unspecified atom stereocenters. The zero-order valence-electron chi connectivity index (χ0n) is 12.3. The number of benzene rings is 1. The third-order valence-corrected chi connectivity index (χ3v) is 3.77. The summed E-state index contributed by atoms with van der Waals surface area (Å²) in [6, 6.07) is 8.19. The van der Waals surface area contributed by atoms with E-state index in [0.29, 0.717) is 16.3 Å². The fraction of sp³-hybridized carbons (Fsp3) is 0.125. The smallest absolute Gasteiger partial charge is 0.303 e. The van der Waals surface area contributed by atoms with Crippen molar-refractivity contribution in [2.45, 2.75) is 12.8 Å². The first kappa shape index (κ1) is 15.9. The van der Waals surface area contributed by atoms with E-state index in [9.17, 15) is 14.7 Å². The average molecular weight is 346 g/mol. The SMILES string of the molecule is O=C(O)CCC(O)=c1c(=O)cc(-c2ccc(Cl)cc2)n2ncnc12. The molecule has 0 aliphatic rings. The number of rotatable bonds is 4. The van der Waals surface area contributed by atoms with Crippen LogP contribution >= 0.6 is 11.6 Å². The summed E-state index contributed by atoms with van der Waals surface area (Å²) in [4.78, 5) is 27.1. The van der Waals surface area contributed by atoms with Crippen LogP contribution in [0.4, 0.5) is 0 Å². The van der Waals surface area contributed by atoms with Crippen molar-refractivity contribution in [2.24, 2.45) is 0 Å². The van der Waals surface area contributed by atoms with Gasteiger partial charge in [-0.2, -0.15) is 5.10 Å². The van der Waals surface area contributed by atoms with E-state index in [1.807, 2.05) is 0 Å². The molecule has 7 nitrogen and oxygen atoms in total. The largest absolute Gasteiger partial charge is 0.511 e. The summed E-state index contributed by atoms with van der Waals surface area (Å²) in [5.74, 6) is -1.38. The van der Waals surface area contributed by atoms with Crippen molar-refractivity contribution in [3.63, 3.8) is 0 Å². The molecule has 0 saturated heterocycles. The molecule has 2 N–H and O–H groups in total. The highest BCUT2D eigenvalue weighted by atomic mass is 35.5. The van der Waals surface area contributed by atoms with Gasteiger partial charge in [-0.15, -0.1) is 0 Å². The van der Waals surface area contributed by atoms with Crippen LogP contribution in [0.1, 0.15) is 12.8 Å². The van der Waals surface area contributed by atoms with Crippen molar-refractivity contribution >= 4 is 29.0 Å². The van der Waals surface area contributed by atoms with Gasteiger partial charge >= 0.3 is 5.97 Å². The highest BCUT2D eigenvalue weighted by Gasteiger charge is 2.13. The predicted octanol–water partition coefficient (Wildman–Crippen LogP) is 1.66. The van der Waals surface area contributed by atoms with Gasteiger partial charge in [0.15, 0.2) is 11.1 Å². The van der Waals surface area contributed by atoms with Gasteiger partial charge in [0, 0.05) is 23.1 Å². The van der Waals surface area contributed by atoms with Gasteiger partial charge in [-0.1, -0.05) is 23.7 Å². The lowest BCUT2D eigenvalue weighted by atomic mass is 10.1. The Kier molecular flexibility index (Phi) is 4.18. The van der Waals surface area contributed by atoms with Crippen molar-refractivity contribution < 1.29 is 15.0 Å². The normalized spacial score (nSPS) is 12.4. The van der Waals surface area contributed by atoms with Gasteiger partial charge in [0.25, 0.3) is 0 Å². The van der Waals surface area contributed by atoms with E-state index in [0.717, 1.165) is 0 Å². The summed E-state index contributed by atoms with van der Waals surface area (Å²) in [5.41, 5.74) is 0.932. The van der Waals surface area contributed by atoms with Gasteiger partial charge in [-0.3, -0.25) is 9.59 Å². The molecule has 2 heterocycles. The Labute approximate surface area is 140 Å². The Bertz CT molecular complexity index is 1030. The maximum atomic E-state index is 12.4. The van der Waals surface area contributed by atoms with Crippen LogP contribution in [-0.2, 0) is 4.79 Å². The number of aliphatic hydroxyl groups is 1. The Balaban J connectivity index is 2.24. The molecule has 24 heavy (non-hydrogen) atoms. The number of pyridine rings is 1. The minimum atomic E-state index is -1.07. The quantitative estimate of drug-likeness (QED) is 0.745. The molecule has 122 valence electrons.